The number of nitrogens with zero attached hydrogens (tertiary/aromatic N) is 3. The Morgan fingerprint density at radius 1 is 1.10 bits per heavy atom. The van der Waals surface area contributed by atoms with E-state index in [1.165, 1.54) is 24.0 Å². The number of thioether (sulfide) groups is 1. The van der Waals surface area contributed by atoms with Crippen LogP contribution in [-0.4, -0.2) is 44.2 Å². The number of amides is 2. The molecule has 1 saturated carbocycles. The minimum atomic E-state index is -0.960. The van der Waals surface area contributed by atoms with Crippen LogP contribution in [-0.2, 0) is 15.0 Å². The van der Waals surface area contributed by atoms with Crippen LogP contribution in [0.1, 0.15) is 66.4 Å². The molecule has 0 radical (unpaired) electrons. The van der Waals surface area contributed by atoms with Crippen molar-refractivity contribution in [2.45, 2.75) is 77.5 Å². The lowest BCUT2D eigenvalue weighted by molar-refractivity contribution is 0.0150. The molecule has 1 aliphatic heterocycles. The van der Waals surface area contributed by atoms with Gasteiger partial charge >= 0.3 is 12.2 Å². The van der Waals surface area contributed by atoms with Gasteiger partial charge in [-0.05, 0) is 90.6 Å². The van der Waals surface area contributed by atoms with Crippen LogP contribution >= 0.6 is 23.4 Å². The van der Waals surface area contributed by atoms with Gasteiger partial charge in [-0.3, -0.25) is 0 Å². The smallest absolute Gasteiger partial charge is 0.426 e. The summed E-state index contributed by atoms with van der Waals surface area (Å²) in [6, 6.07) is 8.20. The van der Waals surface area contributed by atoms with Crippen LogP contribution in [0.3, 0.4) is 0 Å². The van der Waals surface area contributed by atoms with Crippen molar-refractivity contribution in [1.29, 1.82) is 0 Å². The predicted molar refractivity (Wildman–Crippen MR) is 152 cm³/mol. The van der Waals surface area contributed by atoms with Crippen LogP contribution in [0.5, 0.6) is 0 Å². The summed E-state index contributed by atoms with van der Waals surface area (Å²) in [4.78, 5) is 36.6. The number of hydrogen-bond acceptors (Lipinski definition) is 8. The third kappa shape index (κ3) is 6.84. The summed E-state index contributed by atoms with van der Waals surface area (Å²) in [6.45, 7) is 10.3. The molecule has 1 aromatic heterocycles. The third-order valence-electron chi connectivity index (χ3n) is 6.27. The molecule has 2 aliphatic rings. The van der Waals surface area contributed by atoms with Crippen LogP contribution in [0.15, 0.2) is 41.5 Å². The summed E-state index contributed by atoms with van der Waals surface area (Å²) in [5.41, 5.74) is -1.64. The number of benzene rings is 1. The topological polar surface area (TPSA) is 93.1 Å². The van der Waals surface area contributed by atoms with E-state index in [2.05, 4.69) is 10.3 Å². The zero-order valence-electron chi connectivity index (χ0n) is 23.0. The van der Waals surface area contributed by atoms with Gasteiger partial charge in [-0.2, -0.15) is 4.90 Å². The second kappa shape index (κ2) is 11.0. The summed E-state index contributed by atoms with van der Waals surface area (Å²) in [6.07, 6.45) is 1.99. The fraction of sp³-hybridized carbons (Fsp3) is 0.500. The number of carbonyl (C=O) groups is 2. The Bertz CT molecular complexity index is 1250. The van der Waals surface area contributed by atoms with Crippen molar-refractivity contribution >= 4 is 52.2 Å². The maximum Gasteiger partial charge on any atom is 0.426 e. The van der Waals surface area contributed by atoms with Crippen LogP contribution in [0, 0.1) is 11.7 Å². The predicted octanol–water partition coefficient (Wildman–Crippen LogP) is 7.89. The number of aliphatic imine (C=N–C) groups is 1. The fourth-order valence-corrected chi connectivity index (χ4v) is 6.13. The standard InChI is InChI=1S/C28H34ClFN4O4S/c1-26(2,3)37-24(35)34(25(36)38-27(4,5)6)23-33-28(13-7-8-17(28)16-39-23)20-14-19(10-11-21(20)30)32-22-12-9-18(29)15-31-22/h9-12,14-15,17H,7-8,13,16H2,1-6H3,(H,31,32)/t17-,28-/m0/s1. The molecular formula is C28H34ClFN4O4S. The average molecular weight is 577 g/mol. The SMILES string of the molecule is CC(C)(C)OC(=O)N(C(=O)OC(C)(C)C)C1=N[C@@]2(c3cc(Nc4ccc(Cl)cn4)ccc3F)CCC[C@H]2CS1. The third-order valence-corrected chi connectivity index (χ3v) is 7.60. The minimum Gasteiger partial charge on any atom is -0.443 e. The molecule has 4 rings (SSSR count). The molecule has 1 aliphatic carbocycles. The van der Waals surface area contributed by atoms with Gasteiger partial charge in [0.2, 0.25) is 0 Å². The maximum absolute atomic E-state index is 15.5. The molecule has 11 heteroatoms. The van der Waals surface area contributed by atoms with Crippen molar-refractivity contribution in [1.82, 2.24) is 9.88 Å². The highest BCUT2D eigenvalue weighted by atomic mass is 35.5. The van der Waals surface area contributed by atoms with Gasteiger partial charge in [0, 0.05) is 23.2 Å². The fourth-order valence-electron chi connectivity index (χ4n) is 4.71. The second-order valence-corrected chi connectivity index (χ2v) is 13.1. The Kier molecular flexibility index (Phi) is 8.19. The Labute approximate surface area is 237 Å². The number of pyridine rings is 1. The molecule has 0 bridgehead atoms. The number of fused-ring (bicyclic) bond motifs is 1. The number of amidine groups is 1. The molecule has 2 amide bonds. The van der Waals surface area contributed by atoms with Crippen molar-refractivity contribution in [3.63, 3.8) is 0 Å². The summed E-state index contributed by atoms with van der Waals surface area (Å²) >= 11 is 7.23. The number of ether oxygens (including phenoxy) is 2. The van der Waals surface area contributed by atoms with Gasteiger partial charge in [0.15, 0.2) is 5.17 Å². The summed E-state index contributed by atoms with van der Waals surface area (Å²) in [5.74, 6) is 0.717. The second-order valence-electron chi connectivity index (χ2n) is 11.7. The normalized spacial score (nSPS) is 21.0. The van der Waals surface area contributed by atoms with Crippen LogP contribution in [0.4, 0.5) is 25.5 Å². The average Bonchev–Trinajstić information content (AvgIpc) is 3.24. The molecule has 2 heterocycles. The number of anilines is 2. The molecule has 1 N–H and O–H groups in total. The van der Waals surface area contributed by atoms with E-state index in [-0.39, 0.29) is 11.1 Å². The van der Waals surface area contributed by atoms with Gasteiger partial charge in [-0.15, -0.1) is 0 Å². The maximum atomic E-state index is 15.5. The first-order chi connectivity index (χ1) is 18.2. The lowest BCUT2D eigenvalue weighted by Gasteiger charge is -2.39. The first-order valence-corrected chi connectivity index (χ1v) is 14.2. The molecule has 210 valence electrons. The van der Waals surface area contributed by atoms with Crippen molar-refractivity contribution < 1.29 is 23.5 Å². The highest BCUT2D eigenvalue weighted by molar-refractivity contribution is 8.13. The Balaban J connectivity index is 1.76. The quantitative estimate of drug-likeness (QED) is 0.397. The number of hydrogen-bond donors (Lipinski definition) is 1. The number of aromatic nitrogens is 1. The first kappa shape index (κ1) is 29.1. The number of imide groups is 1. The first-order valence-electron chi connectivity index (χ1n) is 12.8. The van der Waals surface area contributed by atoms with Crippen molar-refractivity contribution in [3.8, 4) is 0 Å². The Morgan fingerprint density at radius 2 is 1.77 bits per heavy atom. The Hall–Kier alpha value is -2.85. The molecule has 2 aromatic rings. The van der Waals surface area contributed by atoms with Crippen LogP contribution in [0.25, 0.3) is 0 Å². The van der Waals surface area contributed by atoms with E-state index in [9.17, 15) is 9.59 Å². The van der Waals surface area contributed by atoms with Crippen molar-refractivity contribution in [2.24, 2.45) is 10.9 Å². The van der Waals surface area contributed by atoms with Gasteiger partial charge < -0.3 is 14.8 Å². The van der Waals surface area contributed by atoms with E-state index < -0.39 is 34.7 Å². The van der Waals surface area contributed by atoms with E-state index in [1.54, 1.807) is 65.8 Å². The molecule has 0 spiro atoms. The molecule has 0 unspecified atom stereocenters. The van der Waals surface area contributed by atoms with Gasteiger partial charge in [-0.25, -0.2) is 24.0 Å². The molecule has 2 atom stereocenters. The van der Waals surface area contributed by atoms with E-state index in [4.69, 9.17) is 26.1 Å². The molecule has 8 nitrogen and oxygen atoms in total. The summed E-state index contributed by atoms with van der Waals surface area (Å²) in [5, 5.41) is 3.83. The van der Waals surface area contributed by atoms with Gasteiger partial charge in [0.05, 0.1) is 10.6 Å². The van der Waals surface area contributed by atoms with E-state index in [0.717, 1.165) is 17.7 Å². The van der Waals surface area contributed by atoms with Crippen molar-refractivity contribution in [3.05, 3.63) is 52.9 Å². The highest BCUT2D eigenvalue weighted by Crippen LogP contribution is 2.52. The molecule has 1 fully saturated rings. The molecule has 39 heavy (non-hydrogen) atoms. The largest absolute Gasteiger partial charge is 0.443 e. The molecular weight excluding hydrogens is 543 g/mol. The van der Waals surface area contributed by atoms with E-state index in [0.29, 0.717) is 34.3 Å². The van der Waals surface area contributed by atoms with E-state index >= 15 is 4.39 Å². The number of rotatable bonds is 3. The van der Waals surface area contributed by atoms with Crippen LogP contribution < -0.4 is 5.32 Å². The number of halogens is 2. The summed E-state index contributed by atoms with van der Waals surface area (Å²) < 4.78 is 26.6. The van der Waals surface area contributed by atoms with E-state index in [1.807, 2.05) is 0 Å². The van der Waals surface area contributed by atoms with Gasteiger partial charge in [-0.1, -0.05) is 29.8 Å². The summed E-state index contributed by atoms with van der Waals surface area (Å²) in [7, 11) is 0. The minimum absolute atomic E-state index is 0.0174. The van der Waals surface area contributed by atoms with Gasteiger partial charge in [0.1, 0.15) is 22.8 Å². The highest BCUT2D eigenvalue weighted by Gasteiger charge is 2.50. The monoisotopic (exact) mass is 576 g/mol. The molecule has 1 aromatic carbocycles. The number of nitrogens with one attached hydrogen (secondary N) is 1. The molecule has 0 saturated heterocycles. The van der Waals surface area contributed by atoms with Gasteiger partial charge in [0.25, 0.3) is 0 Å². The lowest BCUT2D eigenvalue weighted by Crippen LogP contribution is -2.49. The lowest BCUT2D eigenvalue weighted by atomic mass is 9.81. The Morgan fingerprint density at radius 3 is 2.36 bits per heavy atom. The zero-order valence-corrected chi connectivity index (χ0v) is 24.6. The zero-order chi connectivity index (χ0) is 28.6. The van der Waals surface area contributed by atoms with Crippen molar-refractivity contribution in [2.75, 3.05) is 11.1 Å². The number of carbonyl (C=O) groups excluding carboxylic acids is 2. The van der Waals surface area contributed by atoms with Crippen LogP contribution in [0.2, 0.25) is 5.02 Å².